The van der Waals surface area contributed by atoms with E-state index in [0.717, 1.165) is 0 Å². The Kier molecular flexibility index (Phi) is 7.49. The van der Waals surface area contributed by atoms with E-state index in [1.807, 2.05) is 40.7 Å². The summed E-state index contributed by atoms with van der Waals surface area (Å²) in [5, 5.41) is 8.80. The predicted octanol–water partition coefficient (Wildman–Crippen LogP) is 2.99. The molecule has 0 heterocycles. The molecule has 0 spiro atoms. The van der Waals surface area contributed by atoms with Gasteiger partial charge in [0.2, 0.25) is 0 Å². The lowest BCUT2D eigenvalue weighted by Gasteiger charge is -2.19. The Labute approximate surface area is 97.9 Å². The first-order chi connectivity index (χ1) is 6.74. The lowest BCUT2D eigenvalue weighted by molar-refractivity contribution is -0.153. The second-order valence-electron chi connectivity index (χ2n) is 4.81. The molecule has 0 aliphatic rings. The second-order valence-corrected chi connectivity index (χ2v) is 4.81. The summed E-state index contributed by atoms with van der Waals surface area (Å²) in [6.45, 7) is 9.36. The first-order valence-electron chi connectivity index (χ1n) is 5.07. The van der Waals surface area contributed by atoms with Gasteiger partial charge in [-0.05, 0) is 26.7 Å². The number of nitrogens with zero attached hydrogens (tertiary/aromatic N) is 1. The third-order valence-electron chi connectivity index (χ3n) is 1.43. The third kappa shape index (κ3) is 9.22. The molecule has 0 aliphatic heterocycles. The van der Waals surface area contributed by atoms with E-state index < -0.39 is 5.60 Å². The quantitative estimate of drug-likeness (QED) is 0.592. The molecule has 4 heteroatoms. The zero-order valence-corrected chi connectivity index (χ0v) is 10.8. The van der Waals surface area contributed by atoms with Gasteiger partial charge in [0.1, 0.15) is 5.60 Å². The van der Waals surface area contributed by atoms with Crippen LogP contribution in [-0.2, 0) is 9.53 Å². The van der Waals surface area contributed by atoms with Gasteiger partial charge < -0.3 is 10.9 Å². The van der Waals surface area contributed by atoms with Crippen molar-refractivity contribution in [3.8, 4) is 6.07 Å². The van der Waals surface area contributed by atoms with Crippen molar-refractivity contribution in [2.45, 2.75) is 46.6 Å². The molecular formula is C12H22N2O2. The molecule has 0 atom stereocenters. The van der Waals surface area contributed by atoms with Crippen LogP contribution < -0.4 is 6.15 Å². The minimum atomic E-state index is -0.491. The average Bonchev–Trinajstić information content (AvgIpc) is 1.98. The van der Waals surface area contributed by atoms with Crippen LogP contribution in [0.25, 0.3) is 0 Å². The van der Waals surface area contributed by atoms with Gasteiger partial charge in [0.25, 0.3) is 0 Å². The van der Waals surface area contributed by atoms with Crippen molar-refractivity contribution in [2.75, 3.05) is 0 Å². The maximum atomic E-state index is 11.4. The molecule has 0 saturated carbocycles. The Hall–Kier alpha value is -1.34. The molecule has 0 saturated heterocycles. The van der Waals surface area contributed by atoms with Crippen LogP contribution in [0.15, 0.2) is 11.6 Å². The van der Waals surface area contributed by atoms with E-state index in [0.29, 0.717) is 5.57 Å². The minimum Gasteiger partial charge on any atom is -0.460 e. The fourth-order valence-corrected chi connectivity index (χ4v) is 1.07. The van der Waals surface area contributed by atoms with Gasteiger partial charge >= 0.3 is 5.97 Å². The summed E-state index contributed by atoms with van der Waals surface area (Å²) in [5.74, 6) is -0.0852. The fraction of sp³-hybridized carbons (Fsp3) is 0.667. The highest BCUT2D eigenvalue weighted by Gasteiger charge is 2.17. The molecule has 0 radical (unpaired) electrons. The highest BCUT2D eigenvalue weighted by atomic mass is 16.6. The summed E-state index contributed by atoms with van der Waals surface area (Å²) in [6, 6.07) is 2.01. The van der Waals surface area contributed by atoms with Gasteiger partial charge in [0.05, 0.1) is 12.5 Å². The topological polar surface area (TPSA) is 85.1 Å². The molecule has 92 valence electrons. The van der Waals surface area contributed by atoms with E-state index in [4.69, 9.17) is 10.00 Å². The SMILES string of the molecule is CC(C)C=C(C#N)CC(=O)OC(C)(C)C.N. The monoisotopic (exact) mass is 226 g/mol. The number of esters is 1. The highest BCUT2D eigenvalue weighted by Crippen LogP contribution is 2.12. The van der Waals surface area contributed by atoms with Gasteiger partial charge in [-0.3, -0.25) is 4.79 Å². The van der Waals surface area contributed by atoms with Crippen molar-refractivity contribution in [2.24, 2.45) is 5.92 Å². The zero-order chi connectivity index (χ0) is 12.1. The Morgan fingerprint density at radius 1 is 1.44 bits per heavy atom. The molecule has 0 rings (SSSR count). The van der Waals surface area contributed by atoms with Gasteiger partial charge in [-0.25, -0.2) is 0 Å². The number of carbonyl (C=O) groups is 1. The second kappa shape index (κ2) is 7.02. The number of carbonyl (C=O) groups excluding carboxylic acids is 1. The van der Waals surface area contributed by atoms with E-state index in [2.05, 4.69) is 0 Å². The van der Waals surface area contributed by atoms with E-state index in [-0.39, 0.29) is 24.5 Å². The van der Waals surface area contributed by atoms with Crippen LogP contribution in [-0.4, -0.2) is 11.6 Å². The largest absolute Gasteiger partial charge is 0.460 e. The Bertz CT molecular complexity index is 293. The van der Waals surface area contributed by atoms with E-state index in [1.54, 1.807) is 6.08 Å². The lowest BCUT2D eigenvalue weighted by atomic mass is 10.1. The fourth-order valence-electron chi connectivity index (χ4n) is 1.07. The van der Waals surface area contributed by atoms with Gasteiger partial charge in [-0.15, -0.1) is 0 Å². The summed E-state index contributed by atoms with van der Waals surface area (Å²) in [6.07, 6.45) is 1.84. The maximum absolute atomic E-state index is 11.4. The van der Waals surface area contributed by atoms with Crippen LogP contribution in [0, 0.1) is 17.2 Å². The first kappa shape index (κ1) is 17.1. The maximum Gasteiger partial charge on any atom is 0.311 e. The van der Waals surface area contributed by atoms with Crippen LogP contribution in [0.1, 0.15) is 41.0 Å². The van der Waals surface area contributed by atoms with Crippen molar-refractivity contribution >= 4 is 5.97 Å². The molecule has 0 aliphatic carbocycles. The molecule has 16 heavy (non-hydrogen) atoms. The van der Waals surface area contributed by atoms with Gasteiger partial charge in [-0.2, -0.15) is 5.26 Å². The van der Waals surface area contributed by atoms with Gasteiger partial charge in [0, 0.05) is 5.57 Å². The summed E-state index contributed by atoms with van der Waals surface area (Å²) in [7, 11) is 0. The predicted molar refractivity (Wildman–Crippen MR) is 64.0 cm³/mol. The molecule has 0 aromatic heterocycles. The normalized spacial score (nSPS) is 11.7. The number of hydrogen-bond donors (Lipinski definition) is 1. The van der Waals surface area contributed by atoms with E-state index in [9.17, 15) is 4.79 Å². The zero-order valence-electron chi connectivity index (χ0n) is 10.8. The first-order valence-corrected chi connectivity index (χ1v) is 5.07. The van der Waals surface area contributed by atoms with Crippen molar-refractivity contribution in [1.82, 2.24) is 6.15 Å². The van der Waals surface area contributed by atoms with E-state index in [1.165, 1.54) is 0 Å². The minimum absolute atomic E-state index is 0. The Balaban J connectivity index is 0. The molecule has 0 amide bonds. The number of allylic oxidation sites excluding steroid dienone is 1. The molecule has 4 nitrogen and oxygen atoms in total. The van der Waals surface area contributed by atoms with Gasteiger partial charge in [-0.1, -0.05) is 19.9 Å². The summed E-state index contributed by atoms with van der Waals surface area (Å²) >= 11 is 0. The molecule has 0 unspecified atom stereocenters. The summed E-state index contributed by atoms with van der Waals surface area (Å²) in [5.41, 5.74) is -0.0191. The average molecular weight is 226 g/mol. The smallest absolute Gasteiger partial charge is 0.311 e. The van der Waals surface area contributed by atoms with Crippen LogP contribution in [0.5, 0.6) is 0 Å². The van der Waals surface area contributed by atoms with E-state index >= 15 is 0 Å². The Morgan fingerprint density at radius 3 is 2.25 bits per heavy atom. The summed E-state index contributed by atoms with van der Waals surface area (Å²) < 4.78 is 5.12. The molecule has 0 fully saturated rings. The molecule has 0 aromatic rings. The molecule has 0 bridgehead atoms. The van der Waals surface area contributed by atoms with Crippen molar-refractivity contribution < 1.29 is 9.53 Å². The highest BCUT2D eigenvalue weighted by molar-refractivity contribution is 5.74. The van der Waals surface area contributed by atoms with Crippen molar-refractivity contribution in [1.29, 1.82) is 5.26 Å². The summed E-state index contributed by atoms with van der Waals surface area (Å²) in [4.78, 5) is 11.4. The van der Waals surface area contributed by atoms with Gasteiger partial charge in [0.15, 0.2) is 0 Å². The lowest BCUT2D eigenvalue weighted by Crippen LogP contribution is -2.23. The number of nitriles is 1. The molecular weight excluding hydrogens is 204 g/mol. The number of ether oxygens (including phenoxy) is 1. The van der Waals surface area contributed by atoms with Crippen LogP contribution in [0.3, 0.4) is 0 Å². The number of rotatable bonds is 3. The number of hydrogen-bond acceptors (Lipinski definition) is 4. The molecule has 3 N–H and O–H groups in total. The Morgan fingerprint density at radius 2 is 1.94 bits per heavy atom. The van der Waals surface area contributed by atoms with Crippen molar-refractivity contribution in [3.63, 3.8) is 0 Å². The third-order valence-corrected chi connectivity index (χ3v) is 1.43. The van der Waals surface area contributed by atoms with Crippen LogP contribution >= 0.6 is 0 Å². The molecule has 0 aromatic carbocycles. The van der Waals surface area contributed by atoms with Crippen molar-refractivity contribution in [3.05, 3.63) is 11.6 Å². The standard InChI is InChI=1S/C12H19NO2.H3N/c1-9(2)6-10(8-13)7-11(14)15-12(3,4)5;/h6,9H,7H2,1-5H3;1H3. The van der Waals surface area contributed by atoms with Crippen LogP contribution in [0.2, 0.25) is 0 Å². The van der Waals surface area contributed by atoms with Crippen LogP contribution in [0.4, 0.5) is 0 Å².